The summed E-state index contributed by atoms with van der Waals surface area (Å²) >= 11 is 0. The van der Waals surface area contributed by atoms with Crippen molar-refractivity contribution in [3.63, 3.8) is 0 Å². The third kappa shape index (κ3) is 4.16. The van der Waals surface area contributed by atoms with E-state index < -0.39 is 0 Å². The summed E-state index contributed by atoms with van der Waals surface area (Å²) < 4.78 is 0. The lowest BCUT2D eigenvalue weighted by molar-refractivity contribution is -0.133. The highest BCUT2D eigenvalue weighted by molar-refractivity contribution is 5.97. The highest BCUT2D eigenvalue weighted by Gasteiger charge is 2.27. The first-order valence-corrected chi connectivity index (χ1v) is 7.93. The van der Waals surface area contributed by atoms with Crippen LogP contribution in [-0.4, -0.2) is 29.7 Å². The maximum atomic E-state index is 12.3. The molecule has 3 heteroatoms. The number of rotatable bonds is 5. The Hall–Kier alpha value is -1.64. The predicted molar refractivity (Wildman–Crippen MR) is 84.2 cm³/mol. The van der Waals surface area contributed by atoms with Crippen molar-refractivity contribution in [1.82, 2.24) is 4.90 Å². The van der Waals surface area contributed by atoms with E-state index in [2.05, 4.69) is 6.92 Å². The molecule has 2 rings (SSSR count). The fourth-order valence-electron chi connectivity index (χ4n) is 3.22. The van der Waals surface area contributed by atoms with Crippen LogP contribution in [0.4, 0.5) is 0 Å². The molecule has 0 heterocycles. The van der Waals surface area contributed by atoms with Gasteiger partial charge in [0.2, 0.25) is 5.91 Å². The Bertz CT molecular complexity index is 483. The van der Waals surface area contributed by atoms with Crippen LogP contribution >= 0.6 is 0 Å². The number of carbonyl (C=O) groups is 2. The Balaban J connectivity index is 1.85. The van der Waals surface area contributed by atoms with E-state index in [4.69, 9.17) is 0 Å². The second-order valence-corrected chi connectivity index (χ2v) is 6.12. The van der Waals surface area contributed by atoms with Crippen LogP contribution in [0.25, 0.3) is 0 Å². The smallest absolute Gasteiger partial charge is 0.223 e. The Kier molecular flexibility index (Phi) is 5.54. The molecule has 2 unspecified atom stereocenters. The Labute approximate surface area is 127 Å². The van der Waals surface area contributed by atoms with E-state index in [0.717, 1.165) is 6.42 Å². The fraction of sp³-hybridized carbons (Fsp3) is 0.556. The minimum absolute atomic E-state index is 0.0500. The average molecular weight is 287 g/mol. The molecule has 1 aliphatic carbocycles. The van der Waals surface area contributed by atoms with Crippen molar-refractivity contribution >= 4 is 11.7 Å². The van der Waals surface area contributed by atoms with Crippen LogP contribution in [0.5, 0.6) is 0 Å². The molecule has 1 aromatic rings. The number of nitrogens with zero attached hydrogens (tertiary/aromatic N) is 1. The highest BCUT2D eigenvalue weighted by atomic mass is 16.2. The standard InChI is InChI=1S/C18H25NO2/c1-14-8-6-7-11-16(14)19(2)18(21)13-12-17(20)15-9-4-3-5-10-15/h3-5,9-10,14,16H,6-8,11-13H2,1-2H3. The molecule has 1 aromatic carbocycles. The predicted octanol–water partition coefficient (Wildman–Crippen LogP) is 3.69. The third-order valence-corrected chi connectivity index (χ3v) is 4.62. The van der Waals surface area contributed by atoms with Crippen molar-refractivity contribution in [3.05, 3.63) is 35.9 Å². The molecule has 2 atom stereocenters. The number of Topliss-reactive ketones (excluding diaryl/α,β-unsaturated/α-hetero) is 1. The van der Waals surface area contributed by atoms with Crippen LogP contribution in [0.2, 0.25) is 0 Å². The van der Waals surface area contributed by atoms with E-state index in [0.29, 0.717) is 30.4 Å². The first kappa shape index (κ1) is 15.7. The van der Waals surface area contributed by atoms with Crippen molar-refractivity contribution in [2.75, 3.05) is 7.05 Å². The van der Waals surface area contributed by atoms with E-state index in [1.807, 2.05) is 30.1 Å². The van der Waals surface area contributed by atoms with Crippen LogP contribution in [0.1, 0.15) is 55.8 Å². The van der Waals surface area contributed by atoms with Crippen LogP contribution in [0.3, 0.4) is 0 Å². The summed E-state index contributed by atoms with van der Waals surface area (Å²) in [5.41, 5.74) is 0.694. The van der Waals surface area contributed by atoms with E-state index >= 15 is 0 Å². The number of hydrogen-bond acceptors (Lipinski definition) is 2. The Morgan fingerprint density at radius 2 is 1.76 bits per heavy atom. The zero-order valence-corrected chi connectivity index (χ0v) is 13.0. The quantitative estimate of drug-likeness (QED) is 0.775. The van der Waals surface area contributed by atoms with Crippen LogP contribution < -0.4 is 0 Å². The zero-order valence-electron chi connectivity index (χ0n) is 13.0. The van der Waals surface area contributed by atoms with E-state index in [9.17, 15) is 9.59 Å². The SMILES string of the molecule is CC1CCCCC1N(C)C(=O)CCC(=O)c1ccccc1. The lowest BCUT2D eigenvalue weighted by Crippen LogP contribution is -2.42. The van der Waals surface area contributed by atoms with Crippen molar-refractivity contribution in [1.29, 1.82) is 0 Å². The monoisotopic (exact) mass is 287 g/mol. The third-order valence-electron chi connectivity index (χ3n) is 4.62. The van der Waals surface area contributed by atoms with Gasteiger partial charge in [-0.05, 0) is 18.8 Å². The van der Waals surface area contributed by atoms with E-state index in [1.54, 1.807) is 12.1 Å². The summed E-state index contributed by atoms with van der Waals surface area (Å²) in [5.74, 6) is 0.713. The van der Waals surface area contributed by atoms with Gasteiger partial charge in [0.15, 0.2) is 5.78 Å². The molecule has 0 bridgehead atoms. The maximum Gasteiger partial charge on any atom is 0.223 e. The number of ketones is 1. The lowest BCUT2D eigenvalue weighted by Gasteiger charge is -2.36. The maximum absolute atomic E-state index is 12.3. The van der Waals surface area contributed by atoms with Gasteiger partial charge in [0, 0.05) is 31.5 Å². The summed E-state index contributed by atoms with van der Waals surface area (Å²) in [6.07, 6.45) is 5.38. The van der Waals surface area contributed by atoms with Gasteiger partial charge >= 0.3 is 0 Å². The summed E-state index contributed by atoms with van der Waals surface area (Å²) in [4.78, 5) is 26.2. The molecule has 0 radical (unpaired) electrons. The van der Waals surface area contributed by atoms with Crippen molar-refractivity contribution in [2.45, 2.75) is 51.5 Å². The van der Waals surface area contributed by atoms with Crippen molar-refractivity contribution in [3.8, 4) is 0 Å². The topological polar surface area (TPSA) is 37.4 Å². The minimum atomic E-state index is 0.0500. The van der Waals surface area contributed by atoms with Gasteiger partial charge in [-0.1, -0.05) is 50.1 Å². The van der Waals surface area contributed by atoms with Crippen molar-refractivity contribution in [2.24, 2.45) is 5.92 Å². The first-order valence-electron chi connectivity index (χ1n) is 7.93. The van der Waals surface area contributed by atoms with E-state index in [-0.39, 0.29) is 11.7 Å². The molecule has 21 heavy (non-hydrogen) atoms. The second kappa shape index (κ2) is 7.39. The average Bonchev–Trinajstić information content (AvgIpc) is 2.53. The molecule has 3 nitrogen and oxygen atoms in total. The minimum Gasteiger partial charge on any atom is -0.343 e. The summed E-state index contributed by atoms with van der Waals surface area (Å²) in [7, 11) is 1.89. The van der Waals surface area contributed by atoms with Crippen LogP contribution in [0, 0.1) is 5.92 Å². The van der Waals surface area contributed by atoms with Gasteiger partial charge in [0.1, 0.15) is 0 Å². The molecular weight excluding hydrogens is 262 g/mol. The summed E-state index contributed by atoms with van der Waals surface area (Å²) in [6.45, 7) is 2.22. The molecule has 0 aromatic heterocycles. The Morgan fingerprint density at radius 3 is 2.43 bits per heavy atom. The molecule has 1 saturated carbocycles. The first-order chi connectivity index (χ1) is 10.1. The summed E-state index contributed by atoms with van der Waals surface area (Å²) in [5, 5.41) is 0. The van der Waals surface area contributed by atoms with Gasteiger partial charge in [-0.25, -0.2) is 0 Å². The molecule has 1 fully saturated rings. The number of carbonyl (C=O) groups excluding carboxylic acids is 2. The Morgan fingerprint density at radius 1 is 1.10 bits per heavy atom. The normalized spacial score (nSPS) is 21.8. The van der Waals surface area contributed by atoms with Gasteiger partial charge < -0.3 is 4.90 Å². The van der Waals surface area contributed by atoms with Crippen LogP contribution in [-0.2, 0) is 4.79 Å². The molecule has 0 saturated heterocycles. The van der Waals surface area contributed by atoms with Gasteiger partial charge in [-0.2, -0.15) is 0 Å². The molecular formula is C18H25NO2. The molecule has 114 valence electrons. The van der Waals surface area contributed by atoms with Gasteiger partial charge in [-0.15, -0.1) is 0 Å². The lowest BCUT2D eigenvalue weighted by atomic mass is 9.85. The van der Waals surface area contributed by atoms with Crippen molar-refractivity contribution < 1.29 is 9.59 Å². The molecule has 0 N–H and O–H groups in total. The van der Waals surface area contributed by atoms with E-state index in [1.165, 1.54) is 19.3 Å². The van der Waals surface area contributed by atoms with Crippen LogP contribution in [0.15, 0.2) is 30.3 Å². The van der Waals surface area contributed by atoms with Gasteiger partial charge in [-0.3, -0.25) is 9.59 Å². The molecule has 1 aliphatic rings. The highest BCUT2D eigenvalue weighted by Crippen LogP contribution is 2.27. The summed E-state index contributed by atoms with van der Waals surface area (Å²) in [6, 6.07) is 9.55. The molecule has 0 spiro atoms. The molecule has 1 amide bonds. The second-order valence-electron chi connectivity index (χ2n) is 6.12. The zero-order chi connectivity index (χ0) is 15.2. The van der Waals surface area contributed by atoms with Gasteiger partial charge in [0.25, 0.3) is 0 Å². The molecule has 0 aliphatic heterocycles. The fourth-order valence-corrected chi connectivity index (χ4v) is 3.22. The van der Waals surface area contributed by atoms with Gasteiger partial charge in [0.05, 0.1) is 0 Å². The number of amides is 1. The number of benzene rings is 1. The number of hydrogen-bond donors (Lipinski definition) is 0. The largest absolute Gasteiger partial charge is 0.343 e.